The third-order valence-corrected chi connectivity index (χ3v) is 5.62. The molecule has 2 N–H and O–H groups in total. The number of carbonyl (C=O) groups excluding carboxylic acids is 1. The Balaban J connectivity index is 1.68. The predicted octanol–water partition coefficient (Wildman–Crippen LogP) is 5.12. The largest absolute Gasteiger partial charge is 0.497 e. The molecule has 1 aromatic heterocycles. The van der Waals surface area contributed by atoms with Crippen molar-refractivity contribution in [2.24, 2.45) is 0 Å². The number of fused-ring (bicyclic) bond motifs is 1. The van der Waals surface area contributed by atoms with E-state index in [2.05, 4.69) is 15.7 Å². The maximum Gasteiger partial charge on any atom is 0.410 e. The number of aryl methyl sites for hydroxylation is 1. The van der Waals surface area contributed by atoms with Crippen LogP contribution in [0, 0.1) is 6.92 Å². The highest BCUT2D eigenvalue weighted by Gasteiger charge is 2.47. The maximum absolute atomic E-state index is 13.9. The Morgan fingerprint density at radius 3 is 2.52 bits per heavy atom. The molecule has 2 atom stereocenters. The number of alkyl halides is 3. The lowest BCUT2D eigenvalue weighted by molar-refractivity contribution is -0.173. The molecule has 2 heterocycles. The van der Waals surface area contributed by atoms with Gasteiger partial charge in [0.2, 0.25) is 0 Å². The lowest BCUT2D eigenvalue weighted by Gasteiger charge is -2.34. The summed E-state index contributed by atoms with van der Waals surface area (Å²) >= 11 is 0. The first-order valence-corrected chi connectivity index (χ1v) is 10.2. The van der Waals surface area contributed by atoms with E-state index in [0.29, 0.717) is 22.7 Å². The van der Waals surface area contributed by atoms with E-state index in [-0.39, 0.29) is 17.8 Å². The summed E-state index contributed by atoms with van der Waals surface area (Å²) in [5.41, 5.74) is 2.05. The van der Waals surface area contributed by atoms with E-state index in [1.54, 1.807) is 30.3 Å². The fourth-order valence-corrected chi connectivity index (χ4v) is 3.84. The zero-order chi connectivity index (χ0) is 23.8. The van der Waals surface area contributed by atoms with Crippen molar-refractivity contribution in [3.05, 3.63) is 65.4 Å². The van der Waals surface area contributed by atoms with Crippen LogP contribution in [0.4, 0.5) is 24.7 Å². The topological polar surface area (TPSA) is 77.4 Å². The van der Waals surface area contributed by atoms with Gasteiger partial charge in [0.1, 0.15) is 22.9 Å². The number of anilines is 2. The van der Waals surface area contributed by atoms with Crippen LogP contribution in [0.5, 0.6) is 11.5 Å². The number of benzene rings is 2. The van der Waals surface area contributed by atoms with Crippen molar-refractivity contribution >= 4 is 17.4 Å². The molecule has 0 unspecified atom stereocenters. The van der Waals surface area contributed by atoms with Gasteiger partial charge in [-0.2, -0.15) is 18.3 Å². The van der Waals surface area contributed by atoms with Crippen molar-refractivity contribution in [2.45, 2.75) is 31.6 Å². The lowest BCUT2D eigenvalue weighted by atomic mass is 9.96. The second-order valence-electron chi connectivity index (χ2n) is 7.77. The monoisotopic (exact) mass is 460 g/mol. The summed E-state index contributed by atoms with van der Waals surface area (Å²) in [4.78, 5) is 13.0. The van der Waals surface area contributed by atoms with Gasteiger partial charge in [0.25, 0.3) is 5.91 Å². The van der Waals surface area contributed by atoms with Gasteiger partial charge in [-0.1, -0.05) is 29.8 Å². The third kappa shape index (κ3) is 4.46. The van der Waals surface area contributed by atoms with Crippen LogP contribution in [-0.4, -0.2) is 36.1 Å². The van der Waals surface area contributed by atoms with Gasteiger partial charge in [-0.25, -0.2) is 4.68 Å². The zero-order valence-electron chi connectivity index (χ0n) is 18.2. The van der Waals surface area contributed by atoms with Crippen LogP contribution >= 0.6 is 0 Å². The summed E-state index contributed by atoms with van der Waals surface area (Å²) in [6.07, 6.45) is -3.63. The van der Waals surface area contributed by atoms with Crippen molar-refractivity contribution in [3.63, 3.8) is 0 Å². The fraction of sp³-hybridized carbons (Fsp3) is 0.304. The van der Waals surface area contributed by atoms with Crippen LogP contribution < -0.4 is 20.1 Å². The van der Waals surface area contributed by atoms with Crippen LogP contribution in [0.3, 0.4) is 0 Å². The molecule has 3 aromatic rings. The summed E-state index contributed by atoms with van der Waals surface area (Å²) in [6, 6.07) is 9.57. The Kier molecular flexibility index (Phi) is 5.92. The number of methoxy groups -OCH3 is 2. The van der Waals surface area contributed by atoms with Gasteiger partial charge in [0.05, 0.1) is 32.1 Å². The van der Waals surface area contributed by atoms with E-state index in [1.165, 1.54) is 14.2 Å². The number of nitrogens with zero attached hydrogens (tertiary/aromatic N) is 2. The number of ether oxygens (including phenoxy) is 2. The van der Waals surface area contributed by atoms with Crippen LogP contribution in [0.1, 0.15) is 40.0 Å². The minimum absolute atomic E-state index is 0.000988. The van der Waals surface area contributed by atoms with E-state index in [1.807, 2.05) is 19.1 Å². The second kappa shape index (κ2) is 8.68. The smallest absolute Gasteiger partial charge is 0.410 e. The molecule has 7 nitrogen and oxygen atoms in total. The van der Waals surface area contributed by atoms with Crippen LogP contribution in [0.2, 0.25) is 0 Å². The Morgan fingerprint density at radius 1 is 1.15 bits per heavy atom. The Hall–Kier alpha value is -3.69. The normalized spacial score (nSPS) is 17.6. The van der Waals surface area contributed by atoms with Gasteiger partial charge >= 0.3 is 6.18 Å². The average molecular weight is 460 g/mol. The minimum Gasteiger partial charge on any atom is -0.497 e. The van der Waals surface area contributed by atoms with Gasteiger partial charge in [0, 0.05) is 12.5 Å². The lowest BCUT2D eigenvalue weighted by Crippen LogP contribution is -2.36. The van der Waals surface area contributed by atoms with Crippen LogP contribution in [0.25, 0.3) is 0 Å². The van der Waals surface area contributed by atoms with E-state index in [0.717, 1.165) is 16.4 Å². The molecule has 10 heteroatoms. The molecule has 0 bridgehead atoms. The summed E-state index contributed by atoms with van der Waals surface area (Å²) in [5.74, 6) is 0.280. The highest BCUT2D eigenvalue weighted by molar-refractivity contribution is 6.08. The molecule has 0 aliphatic carbocycles. The van der Waals surface area contributed by atoms with Crippen molar-refractivity contribution < 1.29 is 27.4 Å². The molecular formula is C23H23F3N4O3. The van der Waals surface area contributed by atoms with Gasteiger partial charge in [-0.3, -0.25) is 4.79 Å². The van der Waals surface area contributed by atoms with Crippen molar-refractivity contribution in [3.8, 4) is 11.5 Å². The Bertz CT molecular complexity index is 1160. The minimum atomic E-state index is -4.53. The number of halogens is 3. The molecule has 0 spiro atoms. The highest BCUT2D eigenvalue weighted by Crippen LogP contribution is 2.44. The van der Waals surface area contributed by atoms with Crippen molar-refractivity contribution in [1.29, 1.82) is 0 Å². The van der Waals surface area contributed by atoms with Gasteiger partial charge in [-0.15, -0.1) is 0 Å². The third-order valence-electron chi connectivity index (χ3n) is 5.62. The molecular weight excluding hydrogens is 437 g/mol. The number of hydrogen-bond acceptors (Lipinski definition) is 5. The molecule has 33 heavy (non-hydrogen) atoms. The highest BCUT2D eigenvalue weighted by atomic mass is 19.4. The van der Waals surface area contributed by atoms with Gasteiger partial charge in [0.15, 0.2) is 6.04 Å². The summed E-state index contributed by atoms with van der Waals surface area (Å²) < 4.78 is 52.9. The molecule has 0 radical (unpaired) electrons. The molecule has 0 saturated carbocycles. The first kappa shape index (κ1) is 22.5. The predicted molar refractivity (Wildman–Crippen MR) is 117 cm³/mol. The molecule has 174 valence electrons. The summed E-state index contributed by atoms with van der Waals surface area (Å²) in [5, 5.41) is 9.67. The quantitative estimate of drug-likeness (QED) is 0.553. The number of carbonyl (C=O) groups is 1. The second-order valence-corrected chi connectivity index (χ2v) is 7.77. The molecule has 1 aliphatic rings. The fourth-order valence-electron chi connectivity index (χ4n) is 3.84. The summed E-state index contributed by atoms with van der Waals surface area (Å²) in [6.45, 7) is 1.90. The zero-order valence-corrected chi connectivity index (χ0v) is 18.2. The molecule has 2 aromatic carbocycles. The molecule has 0 saturated heterocycles. The Labute approximate surface area is 188 Å². The average Bonchev–Trinajstić information content (AvgIpc) is 3.22. The van der Waals surface area contributed by atoms with E-state index in [9.17, 15) is 18.0 Å². The summed E-state index contributed by atoms with van der Waals surface area (Å²) in [7, 11) is 2.94. The molecule has 0 fully saturated rings. The van der Waals surface area contributed by atoms with Gasteiger partial charge in [-0.05, 0) is 24.6 Å². The standard InChI is InChI=1S/C23H23F3N4O3/c1-13-4-6-14(7-5-13)18-11-20(23(24,25)26)30-21(28-18)16(12-27-30)22(31)29-17-9-8-15(32-2)10-19(17)33-3/h4-10,12,18,20,28H,11H2,1-3H3,(H,29,31)/t18-,20+/m1/s1. The molecule has 1 amide bonds. The first-order valence-electron chi connectivity index (χ1n) is 10.2. The molecule has 4 rings (SSSR count). The maximum atomic E-state index is 13.9. The first-order chi connectivity index (χ1) is 15.7. The van der Waals surface area contributed by atoms with Crippen molar-refractivity contribution in [1.82, 2.24) is 9.78 Å². The Morgan fingerprint density at radius 2 is 1.88 bits per heavy atom. The number of rotatable bonds is 5. The number of aromatic nitrogens is 2. The van der Waals surface area contributed by atoms with Crippen LogP contribution in [-0.2, 0) is 0 Å². The van der Waals surface area contributed by atoms with E-state index >= 15 is 0 Å². The van der Waals surface area contributed by atoms with E-state index in [4.69, 9.17) is 9.47 Å². The van der Waals surface area contributed by atoms with Gasteiger partial charge < -0.3 is 20.1 Å². The number of nitrogens with one attached hydrogen (secondary N) is 2. The van der Waals surface area contributed by atoms with Crippen molar-refractivity contribution in [2.75, 3.05) is 24.9 Å². The van der Waals surface area contributed by atoms with Crippen LogP contribution in [0.15, 0.2) is 48.7 Å². The number of hydrogen-bond donors (Lipinski definition) is 2. The SMILES string of the molecule is COc1ccc(NC(=O)c2cnn3c2N[C@@H](c2ccc(C)cc2)C[C@H]3C(F)(F)F)c(OC)c1. The number of amides is 1. The van der Waals surface area contributed by atoms with E-state index < -0.39 is 24.2 Å². The molecule has 1 aliphatic heterocycles.